The average molecular weight is 358 g/mol. The van der Waals surface area contributed by atoms with Crippen LogP contribution in [0, 0.1) is 0 Å². The molecule has 1 fully saturated rings. The lowest BCUT2D eigenvalue weighted by Gasteiger charge is -2.36. The number of carbonyl (C=O) groups is 1. The van der Waals surface area contributed by atoms with Gasteiger partial charge >= 0.3 is 0 Å². The predicted molar refractivity (Wildman–Crippen MR) is 95.3 cm³/mol. The Morgan fingerprint density at radius 3 is 2.88 bits per heavy atom. The molecule has 1 aliphatic heterocycles. The summed E-state index contributed by atoms with van der Waals surface area (Å²) in [5, 5.41) is 16.5. The van der Waals surface area contributed by atoms with Crippen LogP contribution in [0.2, 0.25) is 0 Å². The van der Waals surface area contributed by atoms with Crippen LogP contribution in [0.25, 0.3) is 0 Å². The van der Waals surface area contributed by atoms with E-state index in [1.54, 1.807) is 12.1 Å². The lowest BCUT2D eigenvalue weighted by Crippen LogP contribution is -2.42. The monoisotopic (exact) mass is 358 g/mol. The van der Waals surface area contributed by atoms with Gasteiger partial charge in [0.25, 0.3) is 5.91 Å². The third-order valence-corrected chi connectivity index (χ3v) is 5.44. The first-order valence-corrected chi connectivity index (χ1v) is 9.50. The van der Waals surface area contributed by atoms with Gasteiger partial charge in [-0.05, 0) is 31.0 Å². The van der Waals surface area contributed by atoms with E-state index in [0.717, 1.165) is 31.4 Å². The normalized spacial score (nSPS) is 18.7. The summed E-state index contributed by atoms with van der Waals surface area (Å²) in [5.41, 5.74) is 2.10. The zero-order valence-corrected chi connectivity index (χ0v) is 15.0. The number of nitrogens with zero attached hydrogens (tertiary/aromatic N) is 3. The summed E-state index contributed by atoms with van der Waals surface area (Å²) in [6.07, 6.45) is 6.71. The summed E-state index contributed by atoms with van der Waals surface area (Å²) in [7, 11) is 0. The molecule has 2 aliphatic rings. The van der Waals surface area contributed by atoms with Crippen LogP contribution in [-0.2, 0) is 26.2 Å². The van der Waals surface area contributed by atoms with Gasteiger partial charge in [-0.2, -0.15) is 5.10 Å². The highest BCUT2D eigenvalue weighted by molar-refractivity contribution is 5.91. The van der Waals surface area contributed by atoms with E-state index in [2.05, 4.69) is 26.1 Å². The summed E-state index contributed by atoms with van der Waals surface area (Å²) >= 11 is 0. The van der Waals surface area contributed by atoms with Gasteiger partial charge < -0.3 is 14.8 Å². The Hall–Kier alpha value is -2.12. The van der Waals surface area contributed by atoms with E-state index in [1.165, 1.54) is 37.8 Å². The number of nitrogens with one attached hydrogen (secondary N) is 1. The van der Waals surface area contributed by atoms with Crippen molar-refractivity contribution >= 4 is 5.91 Å². The van der Waals surface area contributed by atoms with Crippen molar-refractivity contribution in [1.29, 1.82) is 0 Å². The first kappa shape index (κ1) is 17.3. The molecule has 0 spiro atoms. The van der Waals surface area contributed by atoms with Crippen molar-refractivity contribution < 1.29 is 14.3 Å². The number of carbonyl (C=O) groups excluding carboxylic acids is 1. The van der Waals surface area contributed by atoms with Crippen LogP contribution in [0.5, 0.6) is 0 Å². The predicted octanol–water partition coefficient (Wildman–Crippen LogP) is 2.05. The molecule has 140 valence electrons. The van der Waals surface area contributed by atoms with Crippen molar-refractivity contribution in [2.45, 2.75) is 64.4 Å². The lowest BCUT2D eigenvalue weighted by molar-refractivity contribution is 0.0917. The van der Waals surface area contributed by atoms with Crippen LogP contribution in [0.4, 0.5) is 0 Å². The van der Waals surface area contributed by atoms with Gasteiger partial charge in [-0.1, -0.05) is 19.3 Å². The Labute approximate surface area is 153 Å². The molecule has 2 aromatic rings. The number of aliphatic hydroxyl groups is 1. The second-order valence-electron chi connectivity index (χ2n) is 7.22. The van der Waals surface area contributed by atoms with Crippen LogP contribution in [0.3, 0.4) is 0 Å². The van der Waals surface area contributed by atoms with E-state index >= 15 is 0 Å². The molecule has 0 saturated heterocycles. The molecule has 0 bridgehead atoms. The van der Waals surface area contributed by atoms with Gasteiger partial charge in [0.05, 0.1) is 24.5 Å². The third-order valence-electron chi connectivity index (χ3n) is 5.44. The number of hydrogen-bond donors (Lipinski definition) is 2. The zero-order valence-electron chi connectivity index (χ0n) is 15.0. The molecule has 1 amide bonds. The maximum Gasteiger partial charge on any atom is 0.287 e. The van der Waals surface area contributed by atoms with Gasteiger partial charge in [0, 0.05) is 19.1 Å². The van der Waals surface area contributed by atoms with Crippen molar-refractivity contribution in [3.63, 3.8) is 0 Å². The van der Waals surface area contributed by atoms with E-state index in [4.69, 9.17) is 9.52 Å². The summed E-state index contributed by atoms with van der Waals surface area (Å²) in [5.74, 6) is 0.302. The number of aliphatic hydroxyl groups excluding tert-OH is 1. The molecule has 0 aromatic carbocycles. The molecule has 2 N–H and O–H groups in total. The van der Waals surface area contributed by atoms with Crippen molar-refractivity contribution in [3.05, 3.63) is 41.1 Å². The molecule has 26 heavy (non-hydrogen) atoms. The Morgan fingerprint density at radius 1 is 1.27 bits per heavy atom. The van der Waals surface area contributed by atoms with E-state index in [-0.39, 0.29) is 18.3 Å². The van der Waals surface area contributed by atoms with E-state index < -0.39 is 0 Å². The number of amides is 1. The van der Waals surface area contributed by atoms with Crippen LogP contribution >= 0.6 is 0 Å². The highest BCUT2D eigenvalue weighted by Gasteiger charge is 2.26. The molecule has 1 aliphatic carbocycles. The van der Waals surface area contributed by atoms with Crippen LogP contribution in [0.1, 0.15) is 59.8 Å². The van der Waals surface area contributed by atoms with Crippen molar-refractivity contribution in [1.82, 2.24) is 20.0 Å². The smallest absolute Gasteiger partial charge is 0.287 e. The summed E-state index contributed by atoms with van der Waals surface area (Å²) in [6, 6.07) is 5.98. The van der Waals surface area contributed by atoms with Gasteiger partial charge in [0.1, 0.15) is 12.4 Å². The van der Waals surface area contributed by atoms with E-state index in [9.17, 15) is 4.79 Å². The fourth-order valence-electron chi connectivity index (χ4n) is 4.03. The molecule has 7 heteroatoms. The Balaban J connectivity index is 1.35. The Morgan fingerprint density at radius 2 is 2.12 bits per heavy atom. The quantitative estimate of drug-likeness (QED) is 0.855. The second kappa shape index (κ2) is 7.63. The van der Waals surface area contributed by atoms with E-state index in [1.807, 2.05) is 0 Å². The second-order valence-corrected chi connectivity index (χ2v) is 7.22. The van der Waals surface area contributed by atoms with Gasteiger partial charge in [-0.15, -0.1) is 0 Å². The minimum atomic E-state index is -0.292. The van der Waals surface area contributed by atoms with E-state index in [0.29, 0.717) is 12.3 Å². The average Bonchev–Trinajstić information content (AvgIpc) is 3.32. The van der Waals surface area contributed by atoms with Crippen LogP contribution in [-0.4, -0.2) is 38.3 Å². The molecule has 3 heterocycles. The largest absolute Gasteiger partial charge is 0.453 e. The SMILES string of the molecule is O=C(NCc1cc2n(n1)CCN(C1CCCCC1)C2)c1ccc(CO)o1. The van der Waals surface area contributed by atoms with Crippen molar-refractivity contribution in [3.8, 4) is 0 Å². The highest BCUT2D eigenvalue weighted by atomic mass is 16.4. The standard InChI is InChI=1S/C19H26N4O3/c24-13-17-6-7-18(26-17)19(25)20-11-14-10-16-12-22(8-9-23(16)21-14)15-4-2-1-3-5-15/h6-7,10,15,24H,1-5,8-9,11-13H2,(H,20,25). The summed E-state index contributed by atoms with van der Waals surface area (Å²) < 4.78 is 7.32. The minimum absolute atomic E-state index is 0.210. The zero-order chi connectivity index (χ0) is 17.9. The van der Waals surface area contributed by atoms with Gasteiger partial charge in [0.15, 0.2) is 5.76 Å². The Kier molecular flexibility index (Phi) is 5.08. The number of fused-ring (bicyclic) bond motifs is 1. The highest BCUT2D eigenvalue weighted by Crippen LogP contribution is 2.26. The number of aromatic nitrogens is 2. The molecule has 2 aromatic heterocycles. The topological polar surface area (TPSA) is 83.5 Å². The Bertz CT molecular complexity index is 761. The molecule has 4 rings (SSSR count). The minimum Gasteiger partial charge on any atom is -0.453 e. The van der Waals surface area contributed by atoms with Gasteiger partial charge in [-0.25, -0.2) is 0 Å². The molecule has 1 saturated carbocycles. The molecular weight excluding hydrogens is 332 g/mol. The molecule has 0 atom stereocenters. The molecule has 7 nitrogen and oxygen atoms in total. The maximum absolute atomic E-state index is 12.1. The van der Waals surface area contributed by atoms with Crippen molar-refractivity contribution in [2.24, 2.45) is 0 Å². The third kappa shape index (κ3) is 3.68. The van der Waals surface area contributed by atoms with Crippen LogP contribution < -0.4 is 5.32 Å². The number of furan rings is 1. The first-order valence-electron chi connectivity index (χ1n) is 9.50. The maximum atomic E-state index is 12.1. The van der Waals surface area contributed by atoms with Gasteiger partial charge in [0.2, 0.25) is 0 Å². The molecule has 0 radical (unpaired) electrons. The lowest BCUT2D eigenvalue weighted by atomic mass is 9.94. The molecular formula is C19H26N4O3. The van der Waals surface area contributed by atoms with Crippen molar-refractivity contribution in [2.75, 3.05) is 6.54 Å². The number of hydrogen-bond acceptors (Lipinski definition) is 5. The summed E-state index contributed by atoms with van der Waals surface area (Å²) in [4.78, 5) is 14.7. The first-order chi connectivity index (χ1) is 12.7. The summed E-state index contributed by atoms with van der Waals surface area (Å²) in [6.45, 7) is 3.08. The number of rotatable bonds is 5. The molecule has 0 unspecified atom stereocenters. The fraction of sp³-hybridized carbons (Fsp3) is 0.579. The van der Waals surface area contributed by atoms with Gasteiger partial charge in [-0.3, -0.25) is 14.4 Å². The van der Waals surface area contributed by atoms with Crippen LogP contribution in [0.15, 0.2) is 22.6 Å². The fourth-order valence-corrected chi connectivity index (χ4v) is 4.03.